The smallest absolute Gasteiger partial charge is 0.210 e. The first-order valence-corrected chi connectivity index (χ1v) is 7.94. The molecule has 0 spiro atoms. The van der Waals surface area contributed by atoms with Gasteiger partial charge in [0.25, 0.3) is 0 Å². The van der Waals surface area contributed by atoms with Crippen LogP contribution in [0.4, 0.5) is 5.69 Å². The van der Waals surface area contributed by atoms with Crippen LogP contribution in [0.1, 0.15) is 46.0 Å². The van der Waals surface area contributed by atoms with E-state index in [2.05, 4.69) is 24.4 Å². The number of allylic oxidation sites excluding steroid dienone is 2. The Kier molecular flexibility index (Phi) is 4.38. The summed E-state index contributed by atoms with van der Waals surface area (Å²) < 4.78 is 0. The lowest BCUT2D eigenvalue weighted by atomic mass is 9.92. The van der Waals surface area contributed by atoms with Crippen molar-refractivity contribution in [1.29, 1.82) is 0 Å². The summed E-state index contributed by atoms with van der Waals surface area (Å²) in [5.41, 5.74) is 3.36. The molecule has 0 saturated heterocycles. The van der Waals surface area contributed by atoms with E-state index in [1.807, 2.05) is 12.1 Å². The second kappa shape index (κ2) is 6.61. The molecule has 0 unspecified atom stereocenters. The molecular formula is C20H19NO2. The molecule has 0 aromatic heterocycles. The number of hydrogen-bond acceptors (Lipinski definition) is 3. The summed E-state index contributed by atoms with van der Waals surface area (Å²) in [5, 5.41) is 3.08. The zero-order valence-electron chi connectivity index (χ0n) is 13.1. The molecule has 1 N–H and O–H groups in total. The maximum atomic E-state index is 12.5. The van der Waals surface area contributed by atoms with E-state index in [9.17, 15) is 9.59 Å². The summed E-state index contributed by atoms with van der Waals surface area (Å²) in [6, 6.07) is 14.9. The van der Waals surface area contributed by atoms with Crippen molar-refractivity contribution in [3.8, 4) is 0 Å². The van der Waals surface area contributed by atoms with Gasteiger partial charge in [0.15, 0.2) is 5.78 Å². The fraction of sp³-hybridized carbons (Fsp3) is 0.200. The summed E-state index contributed by atoms with van der Waals surface area (Å²) in [7, 11) is 0. The van der Waals surface area contributed by atoms with Crippen molar-refractivity contribution >= 4 is 17.3 Å². The third-order valence-corrected chi connectivity index (χ3v) is 4.01. The second-order valence-electron chi connectivity index (χ2n) is 5.72. The number of carbonyl (C=O) groups is 2. The summed E-state index contributed by atoms with van der Waals surface area (Å²) in [4.78, 5) is 24.6. The molecule has 1 aliphatic carbocycles. The molecule has 2 aromatic carbocycles. The SMILES string of the molecule is CCCCc1ccc(NC2=CC(=O)c3ccccc3C2=O)cc1. The Morgan fingerprint density at radius 2 is 1.61 bits per heavy atom. The van der Waals surface area contributed by atoms with E-state index in [4.69, 9.17) is 0 Å². The summed E-state index contributed by atoms with van der Waals surface area (Å²) >= 11 is 0. The number of Topliss-reactive ketones (excluding diaryl/α,β-unsaturated/α-hetero) is 1. The number of ketones is 2. The molecule has 0 bridgehead atoms. The summed E-state index contributed by atoms with van der Waals surface area (Å²) in [6.45, 7) is 2.17. The third kappa shape index (κ3) is 3.24. The molecule has 1 aliphatic rings. The lowest BCUT2D eigenvalue weighted by Gasteiger charge is -2.16. The van der Waals surface area contributed by atoms with Gasteiger partial charge in [-0.05, 0) is 30.5 Å². The number of anilines is 1. The fourth-order valence-electron chi connectivity index (χ4n) is 2.70. The highest BCUT2D eigenvalue weighted by Crippen LogP contribution is 2.23. The highest BCUT2D eigenvalue weighted by atomic mass is 16.1. The van der Waals surface area contributed by atoms with Crippen LogP contribution in [0, 0.1) is 0 Å². The average Bonchev–Trinajstić information content (AvgIpc) is 2.59. The van der Waals surface area contributed by atoms with Gasteiger partial charge in [-0.25, -0.2) is 0 Å². The molecule has 0 fully saturated rings. The summed E-state index contributed by atoms with van der Waals surface area (Å²) in [6.07, 6.45) is 4.78. The summed E-state index contributed by atoms with van der Waals surface area (Å²) in [5.74, 6) is -0.280. The topological polar surface area (TPSA) is 46.2 Å². The van der Waals surface area contributed by atoms with Crippen LogP contribution in [0.15, 0.2) is 60.3 Å². The van der Waals surface area contributed by atoms with Crippen LogP contribution in [0.3, 0.4) is 0 Å². The first-order chi connectivity index (χ1) is 11.2. The molecule has 0 saturated carbocycles. The molecule has 0 radical (unpaired) electrons. The lowest BCUT2D eigenvalue weighted by Crippen LogP contribution is -2.21. The number of unbranched alkanes of at least 4 members (excludes halogenated alkanes) is 1. The monoisotopic (exact) mass is 305 g/mol. The predicted molar refractivity (Wildman–Crippen MR) is 91.9 cm³/mol. The maximum Gasteiger partial charge on any atom is 0.210 e. The number of hydrogen-bond donors (Lipinski definition) is 1. The second-order valence-corrected chi connectivity index (χ2v) is 5.72. The van der Waals surface area contributed by atoms with Gasteiger partial charge in [-0.15, -0.1) is 0 Å². The molecule has 3 rings (SSSR count). The average molecular weight is 305 g/mol. The van der Waals surface area contributed by atoms with Gasteiger partial charge in [-0.2, -0.15) is 0 Å². The maximum absolute atomic E-state index is 12.5. The van der Waals surface area contributed by atoms with Gasteiger partial charge in [-0.3, -0.25) is 9.59 Å². The van der Waals surface area contributed by atoms with E-state index < -0.39 is 0 Å². The highest BCUT2D eigenvalue weighted by Gasteiger charge is 2.24. The number of fused-ring (bicyclic) bond motifs is 1. The Labute approximate surface area is 136 Å². The van der Waals surface area contributed by atoms with E-state index in [0.29, 0.717) is 16.8 Å². The fourth-order valence-corrected chi connectivity index (χ4v) is 2.70. The van der Waals surface area contributed by atoms with Crippen LogP contribution in [0.2, 0.25) is 0 Å². The van der Waals surface area contributed by atoms with Crippen molar-refractivity contribution < 1.29 is 9.59 Å². The first-order valence-electron chi connectivity index (χ1n) is 7.94. The van der Waals surface area contributed by atoms with Crippen LogP contribution < -0.4 is 5.32 Å². The minimum atomic E-state index is -0.143. The largest absolute Gasteiger partial charge is 0.352 e. The molecule has 0 atom stereocenters. The van der Waals surface area contributed by atoms with Gasteiger partial charge in [-0.1, -0.05) is 49.7 Å². The van der Waals surface area contributed by atoms with Gasteiger partial charge >= 0.3 is 0 Å². The molecule has 0 heterocycles. The molecule has 0 aliphatic heterocycles. The molecule has 0 amide bonds. The van der Waals surface area contributed by atoms with Crippen molar-refractivity contribution in [2.75, 3.05) is 5.32 Å². The zero-order valence-corrected chi connectivity index (χ0v) is 13.1. The number of rotatable bonds is 5. The van der Waals surface area contributed by atoms with Gasteiger partial charge in [0, 0.05) is 22.9 Å². The molecular weight excluding hydrogens is 286 g/mol. The van der Waals surface area contributed by atoms with Gasteiger partial charge in [0.1, 0.15) is 0 Å². The van der Waals surface area contributed by atoms with Crippen LogP contribution in [-0.4, -0.2) is 11.6 Å². The van der Waals surface area contributed by atoms with Crippen LogP contribution in [-0.2, 0) is 6.42 Å². The minimum Gasteiger partial charge on any atom is -0.352 e. The Hall–Kier alpha value is -2.68. The molecule has 116 valence electrons. The van der Waals surface area contributed by atoms with Crippen molar-refractivity contribution in [2.45, 2.75) is 26.2 Å². The quantitative estimate of drug-likeness (QED) is 0.890. The zero-order chi connectivity index (χ0) is 16.2. The van der Waals surface area contributed by atoms with Crippen LogP contribution in [0.25, 0.3) is 0 Å². The van der Waals surface area contributed by atoms with Gasteiger partial charge < -0.3 is 5.32 Å². The van der Waals surface area contributed by atoms with E-state index in [1.165, 1.54) is 24.5 Å². The van der Waals surface area contributed by atoms with Crippen molar-refractivity contribution in [1.82, 2.24) is 0 Å². The highest BCUT2D eigenvalue weighted by molar-refractivity contribution is 6.25. The molecule has 23 heavy (non-hydrogen) atoms. The van der Waals surface area contributed by atoms with E-state index in [1.54, 1.807) is 24.3 Å². The van der Waals surface area contributed by atoms with Crippen LogP contribution >= 0.6 is 0 Å². The number of carbonyl (C=O) groups excluding carboxylic acids is 2. The number of benzene rings is 2. The van der Waals surface area contributed by atoms with Gasteiger partial charge in [0.2, 0.25) is 5.78 Å². The van der Waals surface area contributed by atoms with E-state index in [-0.39, 0.29) is 11.6 Å². The van der Waals surface area contributed by atoms with Crippen molar-refractivity contribution in [3.05, 3.63) is 77.0 Å². The Bertz CT molecular complexity index is 772. The van der Waals surface area contributed by atoms with Crippen molar-refractivity contribution in [3.63, 3.8) is 0 Å². The standard InChI is InChI=1S/C20H19NO2/c1-2-3-6-14-9-11-15(12-10-14)21-18-13-19(22)16-7-4-5-8-17(16)20(18)23/h4-5,7-13,21H,2-3,6H2,1H3. The Balaban J connectivity index is 1.78. The first kappa shape index (κ1) is 15.2. The van der Waals surface area contributed by atoms with E-state index >= 15 is 0 Å². The molecule has 3 heteroatoms. The van der Waals surface area contributed by atoms with Gasteiger partial charge in [0.05, 0.1) is 5.70 Å². The third-order valence-electron chi connectivity index (χ3n) is 4.01. The number of nitrogens with one attached hydrogen (secondary N) is 1. The Morgan fingerprint density at radius 3 is 2.30 bits per heavy atom. The van der Waals surface area contributed by atoms with E-state index in [0.717, 1.165) is 12.1 Å². The molecule has 3 nitrogen and oxygen atoms in total. The van der Waals surface area contributed by atoms with Crippen molar-refractivity contribution in [2.24, 2.45) is 0 Å². The molecule has 2 aromatic rings. The minimum absolute atomic E-state index is 0.137. The lowest BCUT2D eigenvalue weighted by molar-refractivity contribution is 0.0985. The normalized spacial score (nSPS) is 13.5. The number of aryl methyl sites for hydroxylation is 1. The van der Waals surface area contributed by atoms with Crippen LogP contribution in [0.5, 0.6) is 0 Å². The predicted octanol–water partition coefficient (Wildman–Crippen LogP) is 4.40. The Morgan fingerprint density at radius 1 is 0.913 bits per heavy atom.